The minimum absolute atomic E-state index is 0.0513. The van der Waals surface area contributed by atoms with Gasteiger partial charge in [-0.1, -0.05) is 23.4 Å². The number of benzene rings is 1. The molecular weight excluding hydrogens is 266 g/mol. The van der Waals surface area contributed by atoms with E-state index in [0.29, 0.717) is 19.5 Å². The van der Waals surface area contributed by atoms with Gasteiger partial charge in [0.1, 0.15) is 0 Å². The second kappa shape index (κ2) is 6.49. The lowest BCUT2D eigenvalue weighted by molar-refractivity contribution is -0.124. The first-order chi connectivity index (χ1) is 10.0. The molecule has 0 radical (unpaired) electrons. The van der Waals surface area contributed by atoms with Crippen LogP contribution in [0.15, 0.2) is 36.5 Å². The number of hydrogen-bond donors (Lipinski definition) is 2. The zero-order chi connectivity index (χ0) is 15.3. The van der Waals surface area contributed by atoms with Crippen molar-refractivity contribution in [2.24, 2.45) is 11.1 Å². The summed E-state index contributed by atoms with van der Waals surface area (Å²) in [6.45, 7) is 4.77. The molecule has 6 heteroatoms. The molecule has 1 aromatic heterocycles. The van der Waals surface area contributed by atoms with E-state index in [1.165, 1.54) is 0 Å². The Hall–Kier alpha value is -2.21. The lowest BCUT2D eigenvalue weighted by Crippen LogP contribution is -2.34. The van der Waals surface area contributed by atoms with Crippen LogP contribution in [0.2, 0.25) is 0 Å². The summed E-state index contributed by atoms with van der Waals surface area (Å²) in [6, 6.07) is 9.42. The number of nitrogens with two attached hydrogens (primary N) is 1. The summed E-state index contributed by atoms with van der Waals surface area (Å²) < 4.78 is 1.69. The van der Waals surface area contributed by atoms with Crippen LogP contribution in [0.4, 0.5) is 5.69 Å². The summed E-state index contributed by atoms with van der Waals surface area (Å²) >= 11 is 0. The summed E-state index contributed by atoms with van der Waals surface area (Å²) in [6.07, 6.45) is 2.53. The summed E-state index contributed by atoms with van der Waals surface area (Å²) in [7, 11) is 0. The Labute approximate surface area is 124 Å². The van der Waals surface area contributed by atoms with Crippen LogP contribution in [0.1, 0.15) is 19.5 Å². The highest BCUT2D eigenvalue weighted by Gasteiger charge is 2.28. The van der Waals surface area contributed by atoms with Crippen LogP contribution in [0.25, 0.3) is 0 Å². The van der Waals surface area contributed by atoms with Crippen LogP contribution in [-0.2, 0) is 17.8 Å². The number of amides is 1. The van der Waals surface area contributed by atoms with Crippen molar-refractivity contribution in [2.45, 2.75) is 26.8 Å². The largest absolute Gasteiger partial charge is 0.330 e. The maximum atomic E-state index is 12.4. The van der Waals surface area contributed by atoms with E-state index in [0.717, 1.165) is 11.4 Å². The maximum absolute atomic E-state index is 12.4. The highest BCUT2D eigenvalue weighted by molar-refractivity contribution is 5.94. The van der Waals surface area contributed by atoms with E-state index < -0.39 is 5.41 Å². The van der Waals surface area contributed by atoms with Crippen LogP contribution in [-0.4, -0.2) is 27.4 Å². The Morgan fingerprint density at radius 2 is 2.05 bits per heavy atom. The van der Waals surface area contributed by atoms with Gasteiger partial charge in [-0.15, -0.1) is 5.10 Å². The first-order valence-electron chi connectivity index (χ1n) is 6.97. The van der Waals surface area contributed by atoms with Gasteiger partial charge in [-0.05, 0) is 32.5 Å². The highest BCUT2D eigenvalue weighted by atomic mass is 16.2. The molecule has 0 saturated heterocycles. The molecule has 0 aliphatic carbocycles. The predicted octanol–water partition coefficient (Wildman–Crippen LogP) is 1.44. The van der Waals surface area contributed by atoms with E-state index in [2.05, 4.69) is 15.6 Å². The Morgan fingerprint density at radius 1 is 1.33 bits per heavy atom. The summed E-state index contributed by atoms with van der Waals surface area (Å²) in [5.74, 6) is -0.0513. The molecule has 0 bridgehead atoms. The van der Waals surface area contributed by atoms with Crippen LogP contribution >= 0.6 is 0 Å². The first kappa shape index (κ1) is 15.2. The number of carbonyl (C=O) groups excluding carboxylic acids is 1. The number of nitrogens with zero attached hydrogens (tertiary/aromatic N) is 3. The molecule has 2 aromatic rings. The van der Waals surface area contributed by atoms with E-state index in [1.807, 2.05) is 50.4 Å². The first-order valence-corrected chi connectivity index (χ1v) is 6.97. The average Bonchev–Trinajstić information content (AvgIpc) is 2.87. The zero-order valence-electron chi connectivity index (χ0n) is 12.4. The topological polar surface area (TPSA) is 85.8 Å². The fourth-order valence-electron chi connectivity index (χ4n) is 1.98. The van der Waals surface area contributed by atoms with Crippen molar-refractivity contribution >= 4 is 11.6 Å². The molecule has 1 aromatic carbocycles. The molecule has 0 aliphatic rings. The van der Waals surface area contributed by atoms with Crippen molar-refractivity contribution < 1.29 is 4.79 Å². The third-order valence-electron chi connectivity index (χ3n) is 3.19. The number of rotatable bonds is 6. The normalized spacial score (nSPS) is 11.4. The van der Waals surface area contributed by atoms with Crippen molar-refractivity contribution in [2.75, 3.05) is 11.9 Å². The molecule has 1 heterocycles. The second-order valence-corrected chi connectivity index (χ2v) is 5.65. The van der Waals surface area contributed by atoms with E-state index in [4.69, 9.17) is 5.73 Å². The molecule has 6 nitrogen and oxygen atoms in total. The Morgan fingerprint density at radius 3 is 2.71 bits per heavy atom. The summed E-state index contributed by atoms with van der Waals surface area (Å²) in [4.78, 5) is 12.4. The van der Waals surface area contributed by atoms with Gasteiger partial charge in [-0.25, -0.2) is 0 Å². The lowest BCUT2D eigenvalue weighted by Gasteiger charge is -2.23. The molecule has 21 heavy (non-hydrogen) atoms. The summed E-state index contributed by atoms with van der Waals surface area (Å²) in [5, 5.41) is 11.0. The van der Waals surface area contributed by atoms with Gasteiger partial charge in [0.2, 0.25) is 5.91 Å². The molecule has 3 N–H and O–H groups in total. The molecule has 2 rings (SSSR count). The van der Waals surface area contributed by atoms with Gasteiger partial charge in [-0.3, -0.25) is 9.48 Å². The number of para-hydroxylation sites is 1. The van der Waals surface area contributed by atoms with Crippen molar-refractivity contribution in [3.8, 4) is 0 Å². The molecular formula is C15H21N5O. The monoisotopic (exact) mass is 287 g/mol. The minimum atomic E-state index is -0.594. The number of nitrogens with one attached hydrogen (secondary N) is 1. The molecule has 0 fully saturated rings. The molecule has 1 amide bonds. The molecule has 0 spiro atoms. The van der Waals surface area contributed by atoms with Crippen molar-refractivity contribution in [1.29, 1.82) is 0 Å². The van der Waals surface area contributed by atoms with Gasteiger partial charge in [0, 0.05) is 18.3 Å². The van der Waals surface area contributed by atoms with E-state index >= 15 is 0 Å². The Balaban J connectivity index is 2.01. The van der Waals surface area contributed by atoms with E-state index in [1.54, 1.807) is 4.68 Å². The zero-order valence-corrected chi connectivity index (χ0v) is 12.4. The molecule has 0 unspecified atom stereocenters. The SMILES string of the molecule is CC(C)(Cn1cc(CCN)nn1)C(=O)Nc1ccccc1. The van der Waals surface area contributed by atoms with Crippen LogP contribution in [0.5, 0.6) is 0 Å². The van der Waals surface area contributed by atoms with Gasteiger partial charge in [-0.2, -0.15) is 0 Å². The lowest BCUT2D eigenvalue weighted by atomic mass is 9.92. The minimum Gasteiger partial charge on any atom is -0.330 e. The van der Waals surface area contributed by atoms with Crippen molar-refractivity contribution in [1.82, 2.24) is 15.0 Å². The fraction of sp³-hybridized carbons (Fsp3) is 0.400. The molecule has 0 saturated carbocycles. The smallest absolute Gasteiger partial charge is 0.231 e. The van der Waals surface area contributed by atoms with Crippen LogP contribution in [0, 0.1) is 5.41 Å². The van der Waals surface area contributed by atoms with E-state index in [-0.39, 0.29) is 5.91 Å². The number of hydrogen-bond acceptors (Lipinski definition) is 4. The van der Waals surface area contributed by atoms with Gasteiger partial charge in [0.05, 0.1) is 17.7 Å². The fourth-order valence-corrected chi connectivity index (χ4v) is 1.98. The van der Waals surface area contributed by atoms with Gasteiger partial charge >= 0.3 is 0 Å². The molecule has 112 valence electrons. The predicted molar refractivity (Wildman–Crippen MR) is 81.6 cm³/mol. The van der Waals surface area contributed by atoms with Gasteiger partial charge < -0.3 is 11.1 Å². The van der Waals surface area contributed by atoms with Crippen LogP contribution < -0.4 is 11.1 Å². The number of carbonyl (C=O) groups is 1. The van der Waals surface area contributed by atoms with Gasteiger partial charge in [0.15, 0.2) is 0 Å². The quantitative estimate of drug-likeness (QED) is 0.842. The number of anilines is 1. The van der Waals surface area contributed by atoms with Crippen molar-refractivity contribution in [3.63, 3.8) is 0 Å². The molecule has 0 atom stereocenters. The van der Waals surface area contributed by atoms with E-state index in [9.17, 15) is 4.79 Å². The maximum Gasteiger partial charge on any atom is 0.231 e. The third-order valence-corrected chi connectivity index (χ3v) is 3.19. The number of aromatic nitrogens is 3. The Kier molecular flexibility index (Phi) is 4.70. The standard InChI is InChI=1S/C15H21N5O/c1-15(2,11-20-10-13(8-9-16)18-19-20)14(21)17-12-6-4-3-5-7-12/h3-7,10H,8-9,11,16H2,1-2H3,(H,17,21). The third kappa shape index (κ3) is 4.13. The van der Waals surface area contributed by atoms with Crippen LogP contribution in [0.3, 0.4) is 0 Å². The highest BCUT2D eigenvalue weighted by Crippen LogP contribution is 2.20. The molecule has 0 aliphatic heterocycles. The summed E-state index contributed by atoms with van der Waals surface area (Å²) in [5.41, 5.74) is 6.53. The van der Waals surface area contributed by atoms with Crippen molar-refractivity contribution in [3.05, 3.63) is 42.2 Å². The van der Waals surface area contributed by atoms with Gasteiger partial charge in [0.25, 0.3) is 0 Å². The Bertz CT molecular complexity index is 591. The second-order valence-electron chi connectivity index (χ2n) is 5.65. The average molecular weight is 287 g/mol.